The van der Waals surface area contributed by atoms with Crippen LogP contribution in [0.25, 0.3) is 16.6 Å². The number of rotatable bonds is 8. The topological polar surface area (TPSA) is 65.4 Å². The molecule has 0 radical (unpaired) electrons. The van der Waals surface area contributed by atoms with E-state index in [2.05, 4.69) is 10.4 Å². The maximum atomic E-state index is 14.1. The predicted molar refractivity (Wildman–Crippen MR) is 126 cm³/mol. The first-order valence-electron chi connectivity index (χ1n) is 11.0. The van der Waals surface area contributed by atoms with Gasteiger partial charge in [-0.05, 0) is 67.6 Å². The molecule has 0 saturated heterocycles. The molecule has 0 aliphatic heterocycles. The average molecular weight is 501 g/mol. The van der Waals surface area contributed by atoms with Gasteiger partial charge < -0.3 is 14.8 Å². The van der Waals surface area contributed by atoms with Crippen LogP contribution in [0.2, 0.25) is 0 Å². The van der Waals surface area contributed by atoms with E-state index >= 15 is 0 Å². The minimum absolute atomic E-state index is 0.229. The van der Waals surface area contributed by atoms with Crippen LogP contribution in [-0.2, 0) is 4.79 Å². The summed E-state index contributed by atoms with van der Waals surface area (Å²) in [5, 5.41) is 7.26. The van der Waals surface area contributed by atoms with Crippen molar-refractivity contribution in [2.45, 2.75) is 31.9 Å². The Kier molecular flexibility index (Phi) is 6.87. The molecule has 0 spiro atoms. The third-order valence-electron chi connectivity index (χ3n) is 5.58. The Hall–Kier alpha value is -4.08. The first-order chi connectivity index (χ1) is 17.1. The Balaban J connectivity index is 1.70. The van der Waals surface area contributed by atoms with Crippen LogP contribution >= 0.6 is 0 Å². The molecule has 36 heavy (non-hydrogen) atoms. The number of carbonyl (C=O) groups is 1. The van der Waals surface area contributed by atoms with Crippen molar-refractivity contribution in [3.05, 3.63) is 84.1 Å². The lowest BCUT2D eigenvalue weighted by atomic mass is 10.0. The summed E-state index contributed by atoms with van der Waals surface area (Å²) in [6.07, 6.45) is 0.512. The SMILES string of the molecule is COc1ccc(F)cc1C(Oc1ccc2c(cnn2-c2ccc(F)cc2)c1)C(C)NC(=O)C(C)(F)F. The third kappa shape index (κ3) is 5.27. The smallest absolute Gasteiger partial charge is 0.321 e. The van der Waals surface area contributed by atoms with Crippen LogP contribution in [0.3, 0.4) is 0 Å². The number of benzene rings is 3. The molecule has 0 aliphatic carbocycles. The first kappa shape index (κ1) is 25.0. The minimum atomic E-state index is -3.61. The van der Waals surface area contributed by atoms with Crippen LogP contribution in [0.5, 0.6) is 11.5 Å². The van der Waals surface area contributed by atoms with Gasteiger partial charge in [0.05, 0.1) is 30.6 Å². The molecule has 188 valence electrons. The Morgan fingerprint density at radius 1 is 1.03 bits per heavy atom. The number of halogens is 4. The number of ether oxygens (including phenoxy) is 2. The molecule has 0 aliphatic rings. The lowest BCUT2D eigenvalue weighted by molar-refractivity contribution is -0.144. The lowest BCUT2D eigenvalue weighted by Gasteiger charge is -2.28. The summed E-state index contributed by atoms with van der Waals surface area (Å²) in [6, 6.07) is 13.6. The highest BCUT2D eigenvalue weighted by Crippen LogP contribution is 2.34. The summed E-state index contributed by atoms with van der Waals surface area (Å²) in [6.45, 7) is 1.96. The van der Waals surface area contributed by atoms with E-state index in [1.807, 2.05) is 0 Å². The van der Waals surface area contributed by atoms with E-state index in [0.717, 1.165) is 0 Å². The maximum absolute atomic E-state index is 14.1. The second-order valence-corrected chi connectivity index (χ2v) is 8.33. The Morgan fingerprint density at radius 2 is 1.72 bits per heavy atom. The standard InChI is InChI=1S/C26H23F4N3O3/c1-15(32-25(34)26(2,29)30)24(21-13-18(28)6-11-23(21)35-3)36-20-9-10-22-16(12-20)14-31-33(22)19-7-4-17(27)5-8-19/h4-15,24H,1-3H3,(H,32,34). The fourth-order valence-electron chi connectivity index (χ4n) is 3.79. The van der Waals surface area contributed by atoms with E-state index in [4.69, 9.17) is 9.47 Å². The normalized spacial score (nSPS) is 13.3. The number of fused-ring (bicyclic) bond motifs is 1. The zero-order valence-corrected chi connectivity index (χ0v) is 19.6. The maximum Gasteiger partial charge on any atom is 0.321 e. The fraction of sp³-hybridized carbons (Fsp3) is 0.231. The monoisotopic (exact) mass is 501 g/mol. The predicted octanol–water partition coefficient (Wildman–Crippen LogP) is 5.59. The van der Waals surface area contributed by atoms with E-state index in [1.165, 1.54) is 44.4 Å². The van der Waals surface area contributed by atoms with Crippen LogP contribution in [0.15, 0.2) is 66.9 Å². The van der Waals surface area contributed by atoms with Gasteiger partial charge in [0.2, 0.25) is 0 Å². The van der Waals surface area contributed by atoms with Crippen molar-refractivity contribution in [2.24, 2.45) is 0 Å². The molecule has 1 aromatic heterocycles. The summed E-state index contributed by atoms with van der Waals surface area (Å²) >= 11 is 0. The summed E-state index contributed by atoms with van der Waals surface area (Å²) in [5.74, 6) is -5.48. The Bertz CT molecular complexity index is 1380. The minimum Gasteiger partial charge on any atom is -0.496 e. The molecular formula is C26H23F4N3O3. The van der Waals surface area contributed by atoms with Crippen molar-refractivity contribution < 1.29 is 31.8 Å². The quantitative estimate of drug-likeness (QED) is 0.320. The van der Waals surface area contributed by atoms with Crippen LogP contribution in [0.1, 0.15) is 25.5 Å². The first-order valence-corrected chi connectivity index (χ1v) is 11.0. The van der Waals surface area contributed by atoms with Gasteiger partial charge in [0, 0.05) is 17.9 Å². The van der Waals surface area contributed by atoms with E-state index < -0.39 is 29.8 Å². The van der Waals surface area contributed by atoms with E-state index in [9.17, 15) is 22.4 Å². The molecule has 1 heterocycles. The summed E-state index contributed by atoms with van der Waals surface area (Å²) in [4.78, 5) is 12.0. The number of methoxy groups -OCH3 is 1. The molecule has 6 nitrogen and oxygen atoms in total. The van der Waals surface area contributed by atoms with Crippen LogP contribution in [0.4, 0.5) is 17.6 Å². The van der Waals surface area contributed by atoms with Gasteiger partial charge in [0.25, 0.3) is 5.91 Å². The largest absolute Gasteiger partial charge is 0.496 e. The van der Waals surface area contributed by atoms with Crippen molar-refractivity contribution in [1.82, 2.24) is 15.1 Å². The summed E-state index contributed by atoms with van der Waals surface area (Å²) in [5.41, 5.74) is 1.59. The fourth-order valence-corrected chi connectivity index (χ4v) is 3.79. The molecule has 0 fully saturated rings. The highest BCUT2D eigenvalue weighted by molar-refractivity contribution is 5.83. The molecule has 1 N–H and O–H groups in total. The van der Waals surface area contributed by atoms with Gasteiger partial charge in [-0.1, -0.05) is 0 Å². The second-order valence-electron chi connectivity index (χ2n) is 8.33. The molecule has 1 amide bonds. The van der Waals surface area contributed by atoms with E-state index in [-0.39, 0.29) is 17.1 Å². The summed E-state index contributed by atoms with van der Waals surface area (Å²) < 4.78 is 67.6. The van der Waals surface area contributed by atoms with Crippen molar-refractivity contribution in [3.63, 3.8) is 0 Å². The lowest BCUT2D eigenvalue weighted by Crippen LogP contribution is -2.46. The number of nitrogens with zero attached hydrogens (tertiary/aromatic N) is 2. The molecule has 0 saturated carbocycles. The molecule has 3 aromatic carbocycles. The highest BCUT2D eigenvalue weighted by Gasteiger charge is 2.36. The van der Waals surface area contributed by atoms with Crippen molar-refractivity contribution in [1.29, 1.82) is 0 Å². The van der Waals surface area contributed by atoms with Crippen molar-refractivity contribution in [2.75, 3.05) is 7.11 Å². The molecule has 4 aromatic rings. The molecule has 0 bridgehead atoms. The van der Waals surface area contributed by atoms with Gasteiger partial charge in [-0.15, -0.1) is 0 Å². The number of aromatic nitrogens is 2. The summed E-state index contributed by atoms with van der Waals surface area (Å²) in [7, 11) is 1.38. The Labute approximate surface area is 204 Å². The van der Waals surface area contributed by atoms with Gasteiger partial charge in [0.1, 0.15) is 29.2 Å². The van der Waals surface area contributed by atoms with E-state index in [0.29, 0.717) is 29.3 Å². The van der Waals surface area contributed by atoms with Crippen molar-refractivity contribution in [3.8, 4) is 17.2 Å². The molecule has 10 heteroatoms. The number of amides is 1. The Morgan fingerprint density at radius 3 is 2.39 bits per heavy atom. The van der Waals surface area contributed by atoms with Crippen LogP contribution < -0.4 is 14.8 Å². The highest BCUT2D eigenvalue weighted by atomic mass is 19.3. The van der Waals surface area contributed by atoms with Gasteiger partial charge in [-0.2, -0.15) is 13.9 Å². The number of hydrogen-bond acceptors (Lipinski definition) is 4. The number of hydrogen-bond donors (Lipinski definition) is 1. The number of nitrogens with one attached hydrogen (secondary N) is 1. The molecule has 4 rings (SSSR count). The van der Waals surface area contributed by atoms with Gasteiger partial charge in [0.15, 0.2) is 0 Å². The second kappa shape index (κ2) is 9.88. The average Bonchev–Trinajstić information content (AvgIpc) is 3.25. The van der Waals surface area contributed by atoms with Crippen molar-refractivity contribution >= 4 is 16.8 Å². The van der Waals surface area contributed by atoms with Gasteiger partial charge in [-0.25, -0.2) is 13.5 Å². The number of alkyl halides is 2. The zero-order chi connectivity index (χ0) is 26.0. The van der Waals surface area contributed by atoms with E-state index in [1.54, 1.807) is 41.2 Å². The van der Waals surface area contributed by atoms with Crippen LogP contribution in [0, 0.1) is 11.6 Å². The zero-order valence-electron chi connectivity index (χ0n) is 19.6. The molecule has 2 unspecified atom stereocenters. The van der Waals surface area contributed by atoms with Gasteiger partial charge in [-0.3, -0.25) is 4.79 Å². The molecule has 2 atom stereocenters. The van der Waals surface area contributed by atoms with Gasteiger partial charge >= 0.3 is 5.92 Å². The third-order valence-corrected chi connectivity index (χ3v) is 5.58. The van der Waals surface area contributed by atoms with Crippen LogP contribution in [-0.4, -0.2) is 34.8 Å². The molecular weight excluding hydrogens is 478 g/mol. The number of carbonyl (C=O) groups excluding carboxylic acids is 1.